The summed E-state index contributed by atoms with van der Waals surface area (Å²) in [6.45, 7) is 0.420. The number of carbonyl (C=O) groups excluding carboxylic acids is 1. The van der Waals surface area contributed by atoms with E-state index >= 15 is 0 Å². The Kier molecular flexibility index (Phi) is 4.08. The van der Waals surface area contributed by atoms with Crippen molar-refractivity contribution >= 4 is 12.0 Å². The molecule has 0 spiro atoms. The number of alkyl halides is 3. The maximum atomic E-state index is 12.6. The second kappa shape index (κ2) is 5.03. The highest BCUT2D eigenvalue weighted by atomic mass is 19.4. The average molecular weight is 268 g/mol. The fraction of sp³-hybridized carbons (Fsp3) is 0.800. The number of carboxylic acids is 1. The summed E-state index contributed by atoms with van der Waals surface area (Å²) in [5.41, 5.74) is -3.28. The van der Waals surface area contributed by atoms with Gasteiger partial charge in [-0.05, 0) is 19.8 Å². The first-order valence-electron chi connectivity index (χ1n) is 5.55. The van der Waals surface area contributed by atoms with Crippen LogP contribution in [-0.4, -0.2) is 34.9 Å². The van der Waals surface area contributed by atoms with Crippen LogP contribution in [0.1, 0.15) is 32.6 Å². The fourth-order valence-corrected chi connectivity index (χ4v) is 1.76. The predicted octanol–water partition coefficient (Wildman–Crippen LogP) is 1.63. The Labute approximate surface area is 102 Å². The zero-order valence-electron chi connectivity index (χ0n) is 9.80. The van der Waals surface area contributed by atoms with Gasteiger partial charge in [-0.25, -0.2) is 9.59 Å². The van der Waals surface area contributed by atoms with Crippen LogP contribution < -0.4 is 10.6 Å². The molecule has 18 heavy (non-hydrogen) atoms. The molecule has 3 N–H and O–H groups in total. The molecule has 8 heteroatoms. The number of hydrogen-bond donors (Lipinski definition) is 3. The van der Waals surface area contributed by atoms with E-state index in [-0.39, 0.29) is 6.04 Å². The van der Waals surface area contributed by atoms with E-state index in [4.69, 9.17) is 5.11 Å². The quantitative estimate of drug-likeness (QED) is 0.728. The van der Waals surface area contributed by atoms with Gasteiger partial charge in [-0.3, -0.25) is 0 Å². The topological polar surface area (TPSA) is 78.4 Å². The lowest BCUT2D eigenvalue weighted by atomic mass is 10.0. The predicted molar refractivity (Wildman–Crippen MR) is 56.0 cm³/mol. The Morgan fingerprint density at radius 3 is 2.11 bits per heavy atom. The first-order chi connectivity index (χ1) is 8.17. The van der Waals surface area contributed by atoms with Gasteiger partial charge < -0.3 is 15.7 Å². The number of halogens is 3. The summed E-state index contributed by atoms with van der Waals surface area (Å²) >= 11 is 0. The molecule has 0 saturated heterocycles. The number of aliphatic carboxylic acids is 1. The first kappa shape index (κ1) is 14.6. The van der Waals surface area contributed by atoms with Crippen LogP contribution in [0.15, 0.2) is 0 Å². The third-order valence-electron chi connectivity index (χ3n) is 3.05. The summed E-state index contributed by atoms with van der Waals surface area (Å²) in [4.78, 5) is 22.1. The highest BCUT2D eigenvalue weighted by Crippen LogP contribution is 2.30. The number of urea groups is 1. The highest BCUT2D eigenvalue weighted by Gasteiger charge is 2.58. The van der Waals surface area contributed by atoms with Crippen LogP contribution in [0.25, 0.3) is 0 Å². The van der Waals surface area contributed by atoms with Crippen LogP contribution in [0.3, 0.4) is 0 Å². The first-order valence-corrected chi connectivity index (χ1v) is 5.55. The van der Waals surface area contributed by atoms with E-state index in [0.29, 0.717) is 19.8 Å². The third-order valence-corrected chi connectivity index (χ3v) is 3.05. The number of nitrogens with one attached hydrogen (secondary N) is 2. The summed E-state index contributed by atoms with van der Waals surface area (Å²) in [6, 6.07) is -1.29. The van der Waals surface area contributed by atoms with Crippen molar-refractivity contribution in [2.24, 2.45) is 0 Å². The van der Waals surface area contributed by atoms with Crippen molar-refractivity contribution in [1.82, 2.24) is 10.6 Å². The zero-order valence-corrected chi connectivity index (χ0v) is 9.80. The van der Waals surface area contributed by atoms with E-state index in [2.05, 4.69) is 5.32 Å². The molecule has 1 unspecified atom stereocenters. The molecule has 1 fully saturated rings. The standard InChI is InChI=1S/C10H15F3N2O3/c1-9(7(16)17,10(11,12)13)15-8(18)14-6-4-2-3-5-6/h6H,2-5H2,1H3,(H,16,17)(H2,14,15,18). The lowest BCUT2D eigenvalue weighted by molar-refractivity contribution is -0.203. The second-order valence-corrected chi connectivity index (χ2v) is 4.51. The normalized spacial score (nSPS) is 20.2. The summed E-state index contributed by atoms with van der Waals surface area (Å²) < 4.78 is 37.8. The molecule has 1 saturated carbocycles. The minimum absolute atomic E-state index is 0.184. The molecule has 0 bridgehead atoms. The lowest BCUT2D eigenvalue weighted by Gasteiger charge is -2.29. The molecule has 5 nitrogen and oxygen atoms in total. The maximum absolute atomic E-state index is 12.6. The molecule has 0 aromatic rings. The molecule has 0 radical (unpaired) electrons. The Morgan fingerprint density at radius 1 is 1.22 bits per heavy atom. The van der Waals surface area contributed by atoms with E-state index in [1.54, 1.807) is 0 Å². The summed E-state index contributed by atoms with van der Waals surface area (Å²) in [5.74, 6) is -2.14. The van der Waals surface area contributed by atoms with Crippen molar-refractivity contribution in [3.63, 3.8) is 0 Å². The number of amides is 2. The van der Waals surface area contributed by atoms with Gasteiger partial charge in [-0.2, -0.15) is 13.2 Å². The summed E-state index contributed by atoms with van der Waals surface area (Å²) in [6.07, 6.45) is -1.86. The number of rotatable bonds is 3. The molecule has 0 aliphatic heterocycles. The molecule has 1 aliphatic carbocycles. The molecular formula is C10H15F3N2O3. The van der Waals surface area contributed by atoms with Crippen LogP contribution in [0.5, 0.6) is 0 Å². The molecule has 1 atom stereocenters. The van der Waals surface area contributed by atoms with E-state index in [9.17, 15) is 22.8 Å². The number of carbonyl (C=O) groups is 2. The smallest absolute Gasteiger partial charge is 0.422 e. The SMILES string of the molecule is CC(NC(=O)NC1CCCC1)(C(=O)O)C(F)(F)F. The lowest BCUT2D eigenvalue weighted by Crippen LogP contribution is -2.64. The third kappa shape index (κ3) is 3.05. The minimum Gasteiger partial charge on any atom is -0.479 e. The molecule has 1 rings (SSSR count). The van der Waals surface area contributed by atoms with Gasteiger partial charge in [-0.1, -0.05) is 12.8 Å². The van der Waals surface area contributed by atoms with Gasteiger partial charge in [0, 0.05) is 6.04 Å². The monoisotopic (exact) mass is 268 g/mol. The number of hydrogen-bond acceptors (Lipinski definition) is 2. The van der Waals surface area contributed by atoms with Crippen LogP contribution in [0.2, 0.25) is 0 Å². The molecule has 2 amide bonds. The fourth-order valence-electron chi connectivity index (χ4n) is 1.76. The Hall–Kier alpha value is -1.47. The molecule has 0 aromatic carbocycles. The Bertz CT molecular complexity index is 340. The van der Waals surface area contributed by atoms with Crippen molar-refractivity contribution < 1.29 is 27.9 Å². The number of carboxylic acid groups (broad SMARTS) is 1. The van der Waals surface area contributed by atoms with Gasteiger partial charge in [-0.15, -0.1) is 0 Å². The van der Waals surface area contributed by atoms with Crippen LogP contribution >= 0.6 is 0 Å². The van der Waals surface area contributed by atoms with Gasteiger partial charge in [0.1, 0.15) is 0 Å². The summed E-state index contributed by atoms with van der Waals surface area (Å²) in [5, 5.41) is 12.4. The van der Waals surface area contributed by atoms with Gasteiger partial charge >= 0.3 is 18.2 Å². The largest absolute Gasteiger partial charge is 0.479 e. The average Bonchev–Trinajstić information content (AvgIpc) is 2.67. The van der Waals surface area contributed by atoms with Crippen LogP contribution in [0.4, 0.5) is 18.0 Å². The van der Waals surface area contributed by atoms with Crippen molar-refractivity contribution in [3.05, 3.63) is 0 Å². The summed E-state index contributed by atoms with van der Waals surface area (Å²) in [7, 11) is 0. The maximum Gasteiger partial charge on any atom is 0.422 e. The van der Waals surface area contributed by atoms with Gasteiger partial charge in [0.2, 0.25) is 5.54 Å². The Morgan fingerprint density at radius 2 is 1.72 bits per heavy atom. The van der Waals surface area contributed by atoms with Crippen molar-refractivity contribution in [1.29, 1.82) is 0 Å². The molecule has 1 aliphatic rings. The molecule has 0 heterocycles. The van der Waals surface area contributed by atoms with E-state index in [1.165, 1.54) is 5.32 Å². The van der Waals surface area contributed by atoms with Gasteiger partial charge in [0.25, 0.3) is 0 Å². The van der Waals surface area contributed by atoms with Crippen LogP contribution in [0, 0.1) is 0 Å². The van der Waals surface area contributed by atoms with Crippen molar-refractivity contribution in [2.75, 3.05) is 0 Å². The van der Waals surface area contributed by atoms with E-state index in [1.807, 2.05) is 0 Å². The van der Waals surface area contributed by atoms with Gasteiger partial charge in [0.15, 0.2) is 0 Å². The van der Waals surface area contributed by atoms with Crippen LogP contribution in [-0.2, 0) is 4.79 Å². The zero-order chi connectivity index (χ0) is 14.0. The van der Waals surface area contributed by atoms with Crippen molar-refractivity contribution in [3.8, 4) is 0 Å². The van der Waals surface area contributed by atoms with Crippen molar-refractivity contribution in [2.45, 2.75) is 50.4 Å². The molecule has 104 valence electrons. The molecular weight excluding hydrogens is 253 g/mol. The second-order valence-electron chi connectivity index (χ2n) is 4.51. The van der Waals surface area contributed by atoms with E-state index in [0.717, 1.165) is 12.8 Å². The molecule has 0 aromatic heterocycles. The highest BCUT2D eigenvalue weighted by molar-refractivity contribution is 5.86. The van der Waals surface area contributed by atoms with Gasteiger partial charge in [0.05, 0.1) is 0 Å². The van der Waals surface area contributed by atoms with E-state index < -0.39 is 23.7 Å². The Balaban J connectivity index is 2.66. The minimum atomic E-state index is -5.06.